The molecule has 1 aliphatic carbocycles. The van der Waals surface area contributed by atoms with Gasteiger partial charge in [-0.2, -0.15) is 0 Å². The van der Waals surface area contributed by atoms with Crippen molar-refractivity contribution in [1.82, 2.24) is 4.90 Å². The highest BCUT2D eigenvalue weighted by Crippen LogP contribution is 2.40. The molecule has 2 unspecified atom stereocenters. The molecule has 2 aliphatic rings. The van der Waals surface area contributed by atoms with Crippen LogP contribution in [0.25, 0.3) is 0 Å². The SMILES string of the molecule is Cc1ccc(C2CC(N)CN2C2CC2)o1. The van der Waals surface area contributed by atoms with Crippen molar-refractivity contribution in [1.29, 1.82) is 0 Å². The van der Waals surface area contributed by atoms with Crippen LogP contribution in [-0.4, -0.2) is 23.5 Å². The summed E-state index contributed by atoms with van der Waals surface area (Å²) in [6, 6.07) is 5.67. The smallest absolute Gasteiger partial charge is 0.121 e. The van der Waals surface area contributed by atoms with Crippen LogP contribution in [0.15, 0.2) is 16.5 Å². The summed E-state index contributed by atoms with van der Waals surface area (Å²) >= 11 is 0. The molecule has 2 fully saturated rings. The molecule has 1 aliphatic heterocycles. The van der Waals surface area contributed by atoms with Gasteiger partial charge in [0.2, 0.25) is 0 Å². The van der Waals surface area contributed by atoms with Gasteiger partial charge in [0.05, 0.1) is 6.04 Å². The second kappa shape index (κ2) is 3.35. The lowest BCUT2D eigenvalue weighted by Crippen LogP contribution is -2.29. The van der Waals surface area contributed by atoms with E-state index in [1.807, 2.05) is 13.0 Å². The van der Waals surface area contributed by atoms with Gasteiger partial charge in [-0.1, -0.05) is 0 Å². The molecule has 3 nitrogen and oxygen atoms in total. The molecule has 15 heavy (non-hydrogen) atoms. The minimum atomic E-state index is 0.320. The first-order valence-electron chi connectivity index (χ1n) is 5.81. The van der Waals surface area contributed by atoms with Crippen LogP contribution in [0.5, 0.6) is 0 Å². The summed E-state index contributed by atoms with van der Waals surface area (Å²) in [6.07, 6.45) is 3.72. The Morgan fingerprint density at radius 1 is 1.40 bits per heavy atom. The Morgan fingerprint density at radius 3 is 2.80 bits per heavy atom. The zero-order chi connectivity index (χ0) is 10.4. The maximum Gasteiger partial charge on any atom is 0.121 e. The first-order chi connectivity index (χ1) is 7.24. The summed E-state index contributed by atoms with van der Waals surface area (Å²) in [6.45, 7) is 3.04. The normalized spacial score (nSPS) is 32.4. The number of furan rings is 1. The first-order valence-corrected chi connectivity index (χ1v) is 5.81. The van der Waals surface area contributed by atoms with Gasteiger partial charge in [0, 0.05) is 18.6 Å². The average Bonchev–Trinajstić information content (AvgIpc) is 2.85. The summed E-state index contributed by atoms with van der Waals surface area (Å²) in [7, 11) is 0. The van der Waals surface area contributed by atoms with Crippen LogP contribution in [0.4, 0.5) is 0 Å². The van der Waals surface area contributed by atoms with Gasteiger partial charge in [0.25, 0.3) is 0 Å². The standard InChI is InChI=1S/C12H18N2O/c1-8-2-5-12(15-8)11-6-9(13)7-14(11)10-3-4-10/h2,5,9-11H,3-4,6-7,13H2,1H3. The van der Waals surface area contributed by atoms with Gasteiger partial charge < -0.3 is 10.2 Å². The van der Waals surface area contributed by atoms with Gasteiger partial charge in [0.15, 0.2) is 0 Å². The van der Waals surface area contributed by atoms with Crippen molar-refractivity contribution in [3.63, 3.8) is 0 Å². The molecule has 1 saturated heterocycles. The molecule has 2 N–H and O–H groups in total. The van der Waals surface area contributed by atoms with E-state index >= 15 is 0 Å². The Bertz CT molecular complexity index is 356. The second-order valence-corrected chi connectivity index (χ2v) is 4.89. The fourth-order valence-electron chi connectivity index (χ4n) is 2.62. The van der Waals surface area contributed by atoms with E-state index in [0.717, 1.165) is 30.5 Å². The summed E-state index contributed by atoms with van der Waals surface area (Å²) in [5.41, 5.74) is 6.04. The number of nitrogens with zero attached hydrogens (tertiary/aromatic N) is 1. The number of aryl methyl sites for hydroxylation is 1. The van der Waals surface area contributed by atoms with E-state index in [1.165, 1.54) is 12.8 Å². The maximum absolute atomic E-state index is 6.04. The van der Waals surface area contributed by atoms with Crippen LogP contribution >= 0.6 is 0 Å². The Hall–Kier alpha value is -0.800. The minimum absolute atomic E-state index is 0.320. The van der Waals surface area contributed by atoms with Gasteiger partial charge in [0.1, 0.15) is 11.5 Å². The van der Waals surface area contributed by atoms with Crippen molar-refractivity contribution in [2.24, 2.45) is 5.73 Å². The molecule has 2 atom stereocenters. The molecule has 0 spiro atoms. The molecule has 0 amide bonds. The summed E-state index contributed by atoms with van der Waals surface area (Å²) < 4.78 is 5.73. The largest absolute Gasteiger partial charge is 0.465 e. The van der Waals surface area contributed by atoms with Gasteiger partial charge >= 0.3 is 0 Å². The van der Waals surface area contributed by atoms with E-state index in [-0.39, 0.29) is 0 Å². The molecule has 82 valence electrons. The van der Waals surface area contributed by atoms with Gasteiger partial charge in [-0.15, -0.1) is 0 Å². The van der Waals surface area contributed by atoms with Crippen LogP contribution in [0.2, 0.25) is 0 Å². The van der Waals surface area contributed by atoms with Crippen LogP contribution in [0, 0.1) is 6.92 Å². The van der Waals surface area contributed by atoms with Crippen LogP contribution in [0.3, 0.4) is 0 Å². The Morgan fingerprint density at radius 2 is 2.20 bits per heavy atom. The fourth-order valence-corrected chi connectivity index (χ4v) is 2.62. The minimum Gasteiger partial charge on any atom is -0.465 e. The van der Waals surface area contributed by atoms with Crippen molar-refractivity contribution in [3.05, 3.63) is 23.7 Å². The lowest BCUT2D eigenvalue weighted by atomic mass is 10.1. The topological polar surface area (TPSA) is 42.4 Å². The third-order valence-electron chi connectivity index (χ3n) is 3.48. The predicted molar refractivity (Wildman–Crippen MR) is 58.5 cm³/mol. The number of hydrogen-bond donors (Lipinski definition) is 1. The van der Waals surface area contributed by atoms with E-state index in [9.17, 15) is 0 Å². The average molecular weight is 206 g/mol. The molecule has 0 radical (unpaired) electrons. The van der Waals surface area contributed by atoms with Crippen molar-refractivity contribution in [2.75, 3.05) is 6.54 Å². The highest BCUT2D eigenvalue weighted by atomic mass is 16.3. The van der Waals surface area contributed by atoms with Crippen LogP contribution in [0.1, 0.15) is 36.8 Å². The fraction of sp³-hybridized carbons (Fsp3) is 0.667. The number of hydrogen-bond acceptors (Lipinski definition) is 3. The molecule has 1 aromatic rings. The Kier molecular flexibility index (Phi) is 2.11. The highest BCUT2D eigenvalue weighted by molar-refractivity contribution is 5.14. The number of likely N-dealkylation sites (tertiary alicyclic amines) is 1. The number of nitrogens with two attached hydrogens (primary N) is 1. The van der Waals surface area contributed by atoms with Crippen LogP contribution in [-0.2, 0) is 0 Å². The monoisotopic (exact) mass is 206 g/mol. The first kappa shape index (κ1) is 9.43. The molecular weight excluding hydrogens is 188 g/mol. The maximum atomic E-state index is 6.04. The number of rotatable bonds is 2. The molecule has 3 rings (SSSR count). The van der Waals surface area contributed by atoms with Gasteiger partial charge in [-0.05, 0) is 38.3 Å². The quantitative estimate of drug-likeness (QED) is 0.802. The lowest BCUT2D eigenvalue weighted by Gasteiger charge is -2.21. The summed E-state index contributed by atoms with van der Waals surface area (Å²) in [5.74, 6) is 2.11. The Labute approximate surface area is 90.2 Å². The predicted octanol–water partition coefficient (Wildman–Crippen LogP) is 1.82. The van der Waals surface area contributed by atoms with E-state index < -0.39 is 0 Å². The highest BCUT2D eigenvalue weighted by Gasteiger charge is 2.41. The van der Waals surface area contributed by atoms with E-state index in [4.69, 9.17) is 10.2 Å². The summed E-state index contributed by atoms with van der Waals surface area (Å²) in [4.78, 5) is 2.53. The molecule has 0 aromatic carbocycles. The molecule has 0 bridgehead atoms. The van der Waals surface area contributed by atoms with E-state index in [1.54, 1.807) is 0 Å². The molecule has 1 aromatic heterocycles. The second-order valence-electron chi connectivity index (χ2n) is 4.89. The van der Waals surface area contributed by atoms with E-state index in [0.29, 0.717) is 12.1 Å². The van der Waals surface area contributed by atoms with Crippen molar-refractivity contribution in [2.45, 2.75) is 44.3 Å². The van der Waals surface area contributed by atoms with Gasteiger partial charge in [-0.25, -0.2) is 0 Å². The van der Waals surface area contributed by atoms with E-state index in [2.05, 4.69) is 11.0 Å². The lowest BCUT2D eigenvalue weighted by molar-refractivity contribution is 0.217. The third-order valence-corrected chi connectivity index (χ3v) is 3.48. The van der Waals surface area contributed by atoms with Gasteiger partial charge in [-0.3, -0.25) is 4.90 Å². The van der Waals surface area contributed by atoms with Crippen LogP contribution < -0.4 is 5.73 Å². The molecule has 2 heterocycles. The third kappa shape index (κ3) is 1.70. The van der Waals surface area contributed by atoms with Crippen molar-refractivity contribution >= 4 is 0 Å². The van der Waals surface area contributed by atoms with Crippen molar-refractivity contribution < 1.29 is 4.42 Å². The van der Waals surface area contributed by atoms with Crippen molar-refractivity contribution in [3.8, 4) is 0 Å². The zero-order valence-corrected chi connectivity index (χ0v) is 9.15. The zero-order valence-electron chi connectivity index (χ0n) is 9.15. The molecular formula is C12H18N2O. The summed E-state index contributed by atoms with van der Waals surface area (Å²) in [5, 5.41) is 0. The Balaban J connectivity index is 1.83. The molecule has 3 heteroatoms. The molecule has 1 saturated carbocycles.